The first-order valence-corrected chi connectivity index (χ1v) is 6.52. The van der Waals surface area contributed by atoms with Crippen LogP contribution in [0.15, 0.2) is 12.1 Å². The third-order valence-electron chi connectivity index (χ3n) is 2.65. The van der Waals surface area contributed by atoms with Gasteiger partial charge >= 0.3 is 11.9 Å². The van der Waals surface area contributed by atoms with Crippen molar-refractivity contribution in [1.29, 1.82) is 0 Å². The molecule has 0 bridgehead atoms. The van der Waals surface area contributed by atoms with Crippen LogP contribution in [0.4, 0.5) is 5.69 Å². The molecule has 0 unspecified atom stereocenters. The van der Waals surface area contributed by atoms with E-state index in [4.69, 9.17) is 20.3 Å². The number of benzene rings is 1. The molecular weight excluding hydrogens is 274 g/mol. The van der Waals surface area contributed by atoms with Crippen molar-refractivity contribution in [2.24, 2.45) is 0 Å². The molecule has 1 rings (SSSR count). The van der Waals surface area contributed by atoms with Crippen LogP contribution in [0.5, 0.6) is 0 Å². The zero-order valence-electron chi connectivity index (χ0n) is 12.7. The Hall–Kier alpha value is -2.08. The van der Waals surface area contributed by atoms with Gasteiger partial charge in [0.15, 0.2) is 0 Å². The van der Waals surface area contributed by atoms with Crippen LogP contribution in [0.25, 0.3) is 0 Å². The number of hydrogen-bond donors (Lipinski definition) is 2. The number of hydrogen-bond acceptors (Lipinski definition) is 5. The van der Waals surface area contributed by atoms with Crippen LogP contribution in [-0.4, -0.2) is 29.3 Å². The van der Waals surface area contributed by atoms with Crippen LogP contribution < -0.4 is 5.73 Å². The average molecular weight is 295 g/mol. The van der Waals surface area contributed by atoms with Gasteiger partial charge in [-0.3, -0.25) is 0 Å². The number of nitrogen functional groups attached to an aromatic ring is 1. The highest BCUT2D eigenvalue weighted by atomic mass is 16.6. The Kier molecular flexibility index (Phi) is 5.32. The Morgan fingerprint density at radius 2 is 1.90 bits per heavy atom. The van der Waals surface area contributed by atoms with Gasteiger partial charge in [-0.2, -0.15) is 0 Å². The van der Waals surface area contributed by atoms with Gasteiger partial charge in [0.2, 0.25) is 0 Å². The lowest BCUT2D eigenvalue weighted by atomic mass is 10.0. The summed E-state index contributed by atoms with van der Waals surface area (Å²) in [6, 6.07) is 3.12. The Morgan fingerprint density at radius 3 is 2.43 bits per heavy atom. The fraction of sp³-hybridized carbons (Fsp3) is 0.467. The molecule has 0 saturated heterocycles. The van der Waals surface area contributed by atoms with Crippen molar-refractivity contribution in [3.05, 3.63) is 28.8 Å². The first-order valence-electron chi connectivity index (χ1n) is 6.52. The highest BCUT2D eigenvalue weighted by Crippen LogP contribution is 2.19. The lowest BCUT2D eigenvalue weighted by Crippen LogP contribution is -2.26. The first kappa shape index (κ1) is 17.0. The maximum absolute atomic E-state index is 11.5. The summed E-state index contributed by atoms with van der Waals surface area (Å²) in [5.41, 5.74) is 6.82. The summed E-state index contributed by atoms with van der Waals surface area (Å²) in [7, 11) is 0. The van der Waals surface area contributed by atoms with Crippen LogP contribution in [0, 0.1) is 6.92 Å². The molecule has 0 aliphatic rings. The Labute approximate surface area is 123 Å². The zero-order valence-corrected chi connectivity index (χ0v) is 12.7. The van der Waals surface area contributed by atoms with Gasteiger partial charge in [0, 0.05) is 5.69 Å². The molecule has 3 N–H and O–H groups in total. The molecule has 0 amide bonds. The van der Waals surface area contributed by atoms with Crippen molar-refractivity contribution in [3.63, 3.8) is 0 Å². The van der Waals surface area contributed by atoms with Gasteiger partial charge in [-0.25, -0.2) is 9.59 Å². The Balaban J connectivity index is 2.65. The number of carboxylic acids is 1. The normalized spacial score (nSPS) is 11.2. The second-order valence-electron chi connectivity index (χ2n) is 5.74. The summed E-state index contributed by atoms with van der Waals surface area (Å²) >= 11 is 0. The molecule has 0 atom stereocenters. The van der Waals surface area contributed by atoms with Crippen LogP contribution in [0.1, 0.15) is 42.3 Å². The SMILES string of the molecule is Cc1c(N)cc(COCC(=O)OC(C)(C)C)cc1C(=O)O. The summed E-state index contributed by atoms with van der Waals surface area (Å²) in [6.45, 7) is 6.84. The molecule has 1 aromatic rings. The largest absolute Gasteiger partial charge is 0.478 e. The van der Waals surface area contributed by atoms with Gasteiger partial charge in [-0.15, -0.1) is 0 Å². The van der Waals surface area contributed by atoms with Crippen molar-refractivity contribution in [2.45, 2.75) is 39.9 Å². The van der Waals surface area contributed by atoms with Crippen LogP contribution >= 0.6 is 0 Å². The predicted molar refractivity (Wildman–Crippen MR) is 78.1 cm³/mol. The number of carbonyl (C=O) groups excluding carboxylic acids is 1. The topological polar surface area (TPSA) is 98.9 Å². The molecule has 6 nitrogen and oxygen atoms in total. The van der Waals surface area contributed by atoms with Gasteiger partial charge < -0.3 is 20.3 Å². The molecule has 0 fully saturated rings. The molecule has 21 heavy (non-hydrogen) atoms. The summed E-state index contributed by atoms with van der Waals surface area (Å²) in [5, 5.41) is 9.09. The highest BCUT2D eigenvalue weighted by molar-refractivity contribution is 5.91. The molecule has 0 spiro atoms. The summed E-state index contributed by atoms with van der Waals surface area (Å²) < 4.78 is 10.3. The van der Waals surface area contributed by atoms with Crippen LogP contribution in [-0.2, 0) is 20.9 Å². The molecule has 1 aromatic carbocycles. The molecule has 0 aliphatic carbocycles. The van der Waals surface area contributed by atoms with E-state index in [-0.39, 0.29) is 18.8 Å². The van der Waals surface area contributed by atoms with Gasteiger partial charge in [-0.1, -0.05) is 0 Å². The zero-order chi connectivity index (χ0) is 16.2. The maximum atomic E-state index is 11.5. The molecule has 0 aromatic heterocycles. The number of aromatic carboxylic acids is 1. The number of esters is 1. The number of rotatable bonds is 5. The molecular formula is C15H21NO5. The van der Waals surface area contributed by atoms with Gasteiger partial charge in [0.25, 0.3) is 0 Å². The van der Waals surface area contributed by atoms with E-state index in [1.165, 1.54) is 6.07 Å². The monoisotopic (exact) mass is 295 g/mol. The third-order valence-corrected chi connectivity index (χ3v) is 2.65. The number of anilines is 1. The van der Waals surface area contributed by atoms with Crippen molar-refractivity contribution in [1.82, 2.24) is 0 Å². The van der Waals surface area contributed by atoms with E-state index in [1.807, 2.05) is 0 Å². The molecule has 6 heteroatoms. The van der Waals surface area contributed by atoms with Crippen LogP contribution in [0.2, 0.25) is 0 Å². The summed E-state index contributed by atoms with van der Waals surface area (Å²) in [4.78, 5) is 22.6. The van der Waals surface area contributed by atoms with E-state index in [2.05, 4.69) is 0 Å². The van der Waals surface area contributed by atoms with E-state index in [1.54, 1.807) is 33.8 Å². The van der Waals surface area contributed by atoms with Gasteiger partial charge in [-0.05, 0) is 51.0 Å². The van der Waals surface area contributed by atoms with E-state index in [9.17, 15) is 9.59 Å². The Morgan fingerprint density at radius 1 is 1.29 bits per heavy atom. The quantitative estimate of drug-likeness (QED) is 0.637. The lowest BCUT2D eigenvalue weighted by molar-refractivity contribution is -0.160. The standard InChI is InChI=1S/C15H21NO5/c1-9-11(14(18)19)5-10(6-12(9)16)7-20-8-13(17)21-15(2,3)4/h5-6H,7-8,16H2,1-4H3,(H,18,19). The van der Waals surface area contributed by atoms with E-state index < -0.39 is 17.5 Å². The fourth-order valence-corrected chi connectivity index (χ4v) is 1.73. The van der Waals surface area contributed by atoms with Crippen LogP contribution in [0.3, 0.4) is 0 Å². The number of nitrogens with two attached hydrogens (primary N) is 1. The summed E-state index contributed by atoms with van der Waals surface area (Å²) in [6.07, 6.45) is 0. The van der Waals surface area contributed by atoms with Crippen molar-refractivity contribution in [2.75, 3.05) is 12.3 Å². The molecule has 0 heterocycles. The average Bonchev–Trinajstić information content (AvgIpc) is 2.30. The van der Waals surface area contributed by atoms with Crippen molar-refractivity contribution in [3.8, 4) is 0 Å². The minimum absolute atomic E-state index is 0.0873. The van der Waals surface area contributed by atoms with E-state index >= 15 is 0 Å². The van der Waals surface area contributed by atoms with E-state index in [0.29, 0.717) is 16.8 Å². The Bertz CT molecular complexity index is 546. The minimum Gasteiger partial charge on any atom is -0.478 e. The number of carbonyl (C=O) groups is 2. The smallest absolute Gasteiger partial charge is 0.336 e. The number of carboxylic acid groups (broad SMARTS) is 1. The molecule has 0 aliphatic heterocycles. The third kappa shape index (κ3) is 5.43. The summed E-state index contributed by atoms with van der Waals surface area (Å²) in [5.74, 6) is -1.52. The van der Waals surface area contributed by atoms with Crippen molar-refractivity contribution >= 4 is 17.6 Å². The minimum atomic E-state index is -1.05. The van der Waals surface area contributed by atoms with Gasteiger partial charge in [0.1, 0.15) is 12.2 Å². The fourth-order valence-electron chi connectivity index (χ4n) is 1.73. The molecule has 0 radical (unpaired) electrons. The molecule has 0 saturated carbocycles. The first-order chi connectivity index (χ1) is 9.60. The number of ether oxygens (including phenoxy) is 2. The van der Waals surface area contributed by atoms with Gasteiger partial charge in [0.05, 0.1) is 12.2 Å². The van der Waals surface area contributed by atoms with E-state index in [0.717, 1.165) is 0 Å². The predicted octanol–water partition coefficient (Wildman–Crippen LogP) is 2.13. The highest BCUT2D eigenvalue weighted by Gasteiger charge is 2.16. The second kappa shape index (κ2) is 6.58. The lowest BCUT2D eigenvalue weighted by Gasteiger charge is -2.19. The maximum Gasteiger partial charge on any atom is 0.336 e. The second-order valence-corrected chi connectivity index (χ2v) is 5.74. The molecule has 116 valence electrons. The van der Waals surface area contributed by atoms with Crippen molar-refractivity contribution < 1.29 is 24.2 Å².